The van der Waals surface area contributed by atoms with Crippen molar-refractivity contribution in [2.45, 2.75) is 255 Å². The van der Waals surface area contributed by atoms with E-state index in [1.165, 1.54) is 25.7 Å². The summed E-state index contributed by atoms with van der Waals surface area (Å²) in [6.45, 7) is 42.1. The lowest BCUT2D eigenvalue weighted by Crippen LogP contribution is -2.33. The third kappa shape index (κ3) is 80.2. The molecule has 0 amide bonds. The Bertz CT molecular complexity index is 2100. The molecule has 0 radical (unpaired) electrons. The van der Waals surface area contributed by atoms with Crippen molar-refractivity contribution in [1.82, 2.24) is 4.67 Å². The predicted molar refractivity (Wildman–Crippen MR) is 387 cm³/mol. The average Bonchev–Trinajstić information content (AvgIpc) is 0.896. The number of nitrogens with zero attached hydrogens (tertiary/aromatic N) is 5. The number of ether oxygens (including phenoxy) is 4. The Labute approximate surface area is 610 Å². The lowest BCUT2D eigenvalue weighted by atomic mass is 10.2. The van der Waals surface area contributed by atoms with Crippen molar-refractivity contribution in [2.75, 3.05) is 106 Å². The molecule has 0 aliphatic rings. The van der Waals surface area contributed by atoms with Crippen molar-refractivity contribution in [1.29, 1.82) is 5.26 Å². The highest BCUT2D eigenvalue weighted by Gasteiger charge is 2.30. The van der Waals surface area contributed by atoms with Crippen molar-refractivity contribution in [3.8, 4) is 6.07 Å². The molecule has 36 heteroatoms. The van der Waals surface area contributed by atoms with E-state index in [2.05, 4.69) is 83.2 Å². The van der Waals surface area contributed by atoms with Crippen LogP contribution in [0, 0.1) is 31.0 Å². The maximum atomic E-state index is 12.3. The Morgan fingerprint density at radius 1 is 0.490 bits per heavy atom. The number of alkyl halides is 2. The van der Waals surface area contributed by atoms with Gasteiger partial charge in [0.25, 0.3) is 0 Å². The molecule has 0 aromatic carbocycles. The number of phosphoric ester groups is 3. The van der Waals surface area contributed by atoms with Gasteiger partial charge in [0.05, 0.1) is 32.5 Å². The number of aliphatic hydroxyl groups is 1. The third-order valence-corrected chi connectivity index (χ3v) is 18.9. The Morgan fingerprint density at radius 3 is 1.01 bits per heavy atom. The molecule has 0 rings (SSSR count). The molecule has 0 heterocycles. The van der Waals surface area contributed by atoms with Crippen LogP contribution in [0.15, 0.2) is 0 Å². The van der Waals surface area contributed by atoms with Crippen LogP contribution >= 0.6 is 55.0 Å². The Kier molecular flexibility index (Phi) is 89.2. The minimum absolute atomic E-state index is 0. The number of hydrogen-bond acceptors (Lipinski definition) is 26. The third-order valence-electron chi connectivity index (χ3n) is 11.8. The first kappa shape index (κ1) is 110. The van der Waals surface area contributed by atoms with Crippen molar-refractivity contribution in [3.63, 3.8) is 0 Å². The van der Waals surface area contributed by atoms with E-state index in [4.69, 9.17) is 119 Å². The summed E-state index contributed by atoms with van der Waals surface area (Å²) < 4.78 is 109. The predicted octanol–water partition coefficient (Wildman–Crippen LogP) is 17.1. The molecule has 4 atom stereocenters. The molecule has 588 valence electrons. The van der Waals surface area contributed by atoms with Gasteiger partial charge >= 0.3 is 53.3 Å². The van der Waals surface area contributed by atoms with Crippen molar-refractivity contribution in [2.24, 2.45) is 5.73 Å². The summed E-state index contributed by atoms with van der Waals surface area (Å²) in [5.74, 6) is -2.99. The lowest BCUT2D eigenvalue weighted by molar-refractivity contribution is -0.152. The van der Waals surface area contributed by atoms with Gasteiger partial charge in [-0.2, -0.15) is 5.26 Å². The number of carbonyl (C=O) groups is 5. The van der Waals surface area contributed by atoms with E-state index < -0.39 is 87.7 Å². The number of halogens is 2. The zero-order chi connectivity index (χ0) is 76.3. The Balaban J connectivity index is -0.000000216. The molecule has 0 fully saturated rings. The summed E-state index contributed by atoms with van der Waals surface area (Å²) in [4.78, 5) is 60.5. The first-order chi connectivity index (χ1) is 47.2. The largest absolute Gasteiger partial charge is 0.479 e. The molecule has 30 nitrogen and oxygen atoms in total. The van der Waals surface area contributed by atoms with Gasteiger partial charge in [0.1, 0.15) is 28.1 Å². The lowest BCUT2D eigenvalue weighted by Gasteiger charge is -2.37. The van der Waals surface area contributed by atoms with E-state index in [0.29, 0.717) is 37.9 Å². The zero-order valence-electron chi connectivity index (χ0n) is 60.8. The standard InChI is InChI=1S/C16H33N2OP.2C14H26NO6P.C13H25N2O6P.C4H8O3.C2H2Cl2O2.CH4/c1-6-7-8-9-10-13-19-20(14-11-12-17)18(15(2)3)16(4)5;2*1-4-6-7-8-9-11-19-22(17,20-12-10-15-3)21-13-18-14(16)5-2;1-3-13(16)18-12-21-22(17,20-11-9-15-2)19-10-7-5-4-6-8-14;1-2-4(6)7-3-5;3-1(4)2(5)6;/h15-16H,6-11,13-14H2,1-5H3;2*4-13H2,1-2H3;3-12,14H2,1H3;5H,2-3H2,1H3;1H,(H,5,6);1H4. The molecule has 100 heavy (non-hydrogen) atoms. The number of rotatable bonds is 57. The molecule has 0 aromatic rings. The van der Waals surface area contributed by atoms with Gasteiger partial charge in [-0.15, -0.1) is 0 Å². The first-order valence-corrected chi connectivity index (χ1v) is 40.5. The van der Waals surface area contributed by atoms with Crippen LogP contribution in [0.5, 0.6) is 0 Å². The first-order valence-electron chi connectivity index (χ1n) is 33.8. The molecular weight excluding hydrogens is 1430 g/mol. The summed E-state index contributed by atoms with van der Waals surface area (Å²) in [7, 11) is -12.0. The second kappa shape index (κ2) is 81.2. The van der Waals surface area contributed by atoms with Crippen LogP contribution in [0.3, 0.4) is 0 Å². The number of nitrogens with two attached hydrogens (primary N) is 1. The highest BCUT2D eigenvalue weighted by molar-refractivity contribution is 7.50. The van der Waals surface area contributed by atoms with Crippen LogP contribution < -0.4 is 5.73 Å². The molecule has 0 aromatic heterocycles. The quantitative estimate of drug-likeness (QED) is 0.00968. The van der Waals surface area contributed by atoms with E-state index in [1.54, 1.807) is 27.7 Å². The van der Waals surface area contributed by atoms with Crippen LogP contribution in [0.4, 0.5) is 0 Å². The van der Waals surface area contributed by atoms with Crippen LogP contribution in [0.25, 0.3) is 14.5 Å². The Hall–Kier alpha value is -3.51. The summed E-state index contributed by atoms with van der Waals surface area (Å²) in [6, 6.07) is 3.20. The van der Waals surface area contributed by atoms with Gasteiger partial charge in [-0.1, -0.05) is 169 Å². The van der Waals surface area contributed by atoms with E-state index in [-0.39, 0.29) is 91.9 Å². The fourth-order valence-corrected chi connectivity index (χ4v) is 12.1. The second-order valence-electron chi connectivity index (χ2n) is 20.8. The molecule has 4 unspecified atom stereocenters. The smallest absolute Gasteiger partial charge is 0.477 e. The fourth-order valence-electron chi connectivity index (χ4n) is 6.80. The van der Waals surface area contributed by atoms with Crippen molar-refractivity contribution < 1.29 is 112 Å². The van der Waals surface area contributed by atoms with Gasteiger partial charge in [-0.25, -0.2) is 51.8 Å². The summed E-state index contributed by atoms with van der Waals surface area (Å²) in [5.41, 5.74) is 5.39. The molecule has 0 saturated carbocycles. The maximum Gasteiger partial charge on any atom is 0.477 e. The van der Waals surface area contributed by atoms with E-state index in [1.807, 2.05) is 0 Å². The number of aliphatic hydroxyl groups excluding tert-OH is 1. The summed E-state index contributed by atoms with van der Waals surface area (Å²) >= 11 is 9.56. The van der Waals surface area contributed by atoms with Gasteiger partial charge in [-0.3, -0.25) is 51.0 Å². The number of hydrogen-bond donors (Lipinski definition) is 3. The highest BCUT2D eigenvalue weighted by Crippen LogP contribution is 2.51. The van der Waals surface area contributed by atoms with Gasteiger partial charge in [0.15, 0.2) is 6.79 Å². The van der Waals surface area contributed by atoms with E-state index in [0.717, 1.165) is 103 Å². The number of carboxylic acid groups (broad SMARTS) is 1. The van der Waals surface area contributed by atoms with Gasteiger partial charge in [-0.05, 0) is 66.3 Å². The van der Waals surface area contributed by atoms with Crippen LogP contribution in [-0.2, 0) is 102 Å². The van der Waals surface area contributed by atoms with Gasteiger partial charge in [0.2, 0.25) is 44.8 Å². The molecule has 4 N–H and O–H groups in total. The minimum Gasteiger partial charge on any atom is -0.479 e. The maximum absolute atomic E-state index is 12.3. The zero-order valence-corrected chi connectivity index (χ0v) is 65.8. The molecule has 0 aliphatic carbocycles. The van der Waals surface area contributed by atoms with Crippen LogP contribution in [-0.4, -0.2) is 167 Å². The SMILES string of the molecule is C.CCC(=O)OCO.CCCCCCCOP(CCC#N)N(C(C)C)C(C)C.O=C(O)C(Cl)Cl.[C-]#[N+]CCOP(=O)(OCCCCCCC)OCOC(=O)CC.[C-]#[N+]CCOP(=O)(OCCCCCCC)OCOC(=O)CC.[C-]#[N+]CCOP(=O)(OCCCCCCN)OCOC(=O)CC. The topological polar surface area (TPSA) is 372 Å². The molecule has 0 aliphatic heterocycles. The number of esters is 4. The van der Waals surface area contributed by atoms with Crippen molar-refractivity contribution in [3.05, 3.63) is 34.3 Å². The monoisotopic (exact) mass is 1550 g/mol. The van der Waals surface area contributed by atoms with Crippen molar-refractivity contribution >= 4 is 84.8 Å². The number of carboxylic acids is 1. The summed E-state index contributed by atoms with van der Waals surface area (Å²) in [5, 5.41) is 24.5. The van der Waals surface area contributed by atoms with Crippen LogP contribution in [0.2, 0.25) is 0 Å². The number of nitriles is 1. The molecule has 0 saturated heterocycles. The number of carbonyl (C=O) groups excluding carboxylic acids is 4. The fraction of sp³-hybridized carbons (Fsp3) is 0.859. The number of unbranched alkanes of at least 4 members (excludes halogenated alkanes) is 15. The number of phosphoric acid groups is 3. The molecule has 0 spiro atoms. The van der Waals surface area contributed by atoms with E-state index >= 15 is 0 Å². The molecular formula is C64H124Cl2N6O24P4. The number of aliphatic carboxylic acids is 1. The summed E-state index contributed by atoms with van der Waals surface area (Å²) in [6.07, 6.45) is 22.4. The minimum atomic E-state index is -3.82. The highest BCUT2D eigenvalue weighted by atomic mass is 35.5. The van der Waals surface area contributed by atoms with Crippen LogP contribution in [0.1, 0.15) is 238 Å². The van der Waals surface area contributed by atoms with E-state index in [9.17, 15) is 37.7 Å². The Morgan fingerprint density at radius 2 is 0.770 bits per heavy atom. The normalized spacial score (nSPS) is 12.6. The second-order valence-corrected chi connectivity index (χ2v) is 28.8. The molecule has 0 bridgehead atoms. The van der Waals surface area contributed by atoms with Gasteiger partial charge < -0.3 is 54.0 Å². The average molecular weight is 1560 g/mol. The van der Waals surface area contributed by atoms with Gasteiger partial charge in [0, 0.05) is 50.3 Å².